The first-order chi connectivity index (χ1) is 13.2. The second-order valence-electron chi connectivity index (χ2n) is 7.04. The minimum Gasteiger partial charge on any atom is -0.351 e. The Kier molecular flexibility index (Phi) is 5.45. The molecule has 6 heteroatoms. The molecule has 1 aromatic carbocycles. The first kappa shape index (κ1) is 18.1. The highest BCUT2D eigenvalue weighted by Gasteiger charge is 2.21. The lowest BCUT2D eigenvalue weighted by Gasteiger charge is -2.32. The van der Waals surface area contributed by atoms with Crippen LogP contribution in [0.5, 0.6) is 0 Å². The van der Waals surface area contributed by atoms with Crippen molar-refractivity contribution in [2.24, 2.45) is 5.92 Å². The van der Waals surface area contributed by atoms with Crippen molar-refractivity contribution in [2.45, 2.75) is 19.4 Å². The lowest BCUT2D eigenvalue weighted by Crippen LogP contribution is -2.40. The van der Waals surface area contributed by atoms with Crippen LogP contribution in [0.4, 0.5) is 4.39 Å². The van der Waals surface area contributed by atoms with Crippen molar-refractivity contribution < 1.29 is 9.18 Å². The van der Waals surface area contributed by atoms with Crippen LogP contribution >= 0.6 is 11.3 Å². The van der Waals surface area contributed by atoms with E-state index in [0.717, 1.165) is 41.9 Å². The molecule has 2 aromatic heterocycles. The van der Waals surface area contributed by atoms with Crippen LogP contribution in [-0.4, -0.2) is 35.4 Å². The number of likely N-dealkylation sites (tertiary alicyclic amines) is 1. The van der Waals surface area contributed by atoms with Crippen molar-refractivity contribution in [2.75, 3.05) is 19.6 Å². The summed E-state index contributed by atoms with van der Waals surface area (Å²) < 4.78 is 14.0. The highest BCUT2D eigenvalue weighted by molar-refractivity contribution is 7.12. The molecular weight excluding hydrogens is 361 g/mol. The Labute approximate surface area is 162 Å². The zero-order valence-electron chi connectivity index (χ0n) is 15.0. The van der Waals surface area contributed by atoms with Crippen LogP contribution in [0.25, 0.3) is 10.9 Å². The van der Waals surface area contributed by atoms with Gasteiger partial charge < -0.3 is 5.32 Å². The number of carbonyl (C=O) groups excluding carboxylic acids is 1. The average Bonchev–Trinajstić information content (AvgIpc) is 3.22. The van der Waals surface area contributed by atoms with Crippen LogP contribution in [0.15, 0.2) is 47.8 Å². The van der Waals surface area contributed by atoms with E-state index in [0.29, 0.717) is 24.5 Å². The maximum Gasteiger partial charge on any atom is 0.261 e. The third kappa shape index (κ3) is 4.34. The topological polar surface area (TPSA) is 45.2 Å². The Morgan fingerprint density at radius 2 is 2.19 bits per heavy atom. The molecule has 1 atom stereocenters. The standard InChI is InChI=1S/C21H22FN3OS/c22-18-6-1-5-16-8-9-17(24-20(16)18)14-25-10-2-4-15(13-25)12-23-21(26)19-7-3-11-27-19/h1,3,5-9,11,15H,2,4,10,12-14H2,(H,23,26)/t15-/m0/s1. The van der Waals surface area contributed by atoms with E-state index in [-0.39, 0.29) is 11.7 Å². The van der Waals surface area contributed by atoms with E-state index in [2.05, 4.69) is 15.2 Å². The number of rotatable bonds is 5. The number of para-hydroxylation sites is 1. The second kappa shape index (κ2) is 8.15. The van der Waals surface area contributed by atoms with E-state index < -0.39 is 0 Å². The smallest absolute Gasteiger partial charge is 0.261 e. The van der Waals surface area contributed by atoms with Gasteiger partial charge >= 0.3 is 0 Å². The lowest BCUT2D eigenvalue weighted by molar-refractivity contribution is 0.0934. The van der Waals surface area contributed by atoms with Crippen molar-refractivity contribution in [1.82, 2.24) is 15.2 Å². The van der Waals surface area contributed by atoms with Gasteiger partial charge in [-0.3, -0.25) is 9.69 Å². The predicted molar refractivity (Wildman–Crippen MR) is 106 cm³/mol. The molecule has 4 rings (SSSR count). The molecule has 3 aromatic rings. The number of thiophene rings is 1. The summed E-state index contributed by atoms with van der Waals surface area (Å²) in [7, 11) is 0. The molecule has 1 fully saturated rings. The van der Waals surface area contributed by atoms with Gasteiger partial charge in [0.1, 0.15) is 11.3 Å². The van der Waals surface area contributed by atoms with Crippen LogP contribution in [0.2, 0.25) is 0 Å². The number of halogens is 1. The summed E-state index contributed by atoms with van der Waals surface area (Å²) in [5.74, 6) is 0.163. The van der Waals surface area contributed by atoms with Gasteiger partial charge in [-0.15, -0.1) is 11.3 Å². The number of benzene rings is 1. The van der Waals surface area contributed by atoms with Crippen LogP contribution in [-0.2, 0) is 6.54 Å². The second-order valence-corrected chi connectivity index (χ2v) is 7.99. The molecule has 1 amide bonds. The third-order valence-corrected chi connectivity index (χ3v) is 5.88. The number of hydrogen-bond acceptors (Lipinski definition) is 4. The quantitative estimate of drug-likeness (QED) is 0.722. The van der Waals surface area contributed by atoms with Gasteiger partial charge in [0.05, 0.1) is 10.6 Å². The Balaban J connectivity index is 1.36. The SMILES string of the molecule is O=C(NC[C@@H]1CCCN(Cc2ccc3cccc(F)c3n2)C1)c1cccs1. The average molecular weight is 383 g/mol. The number of fused-ring (bicyclic) bond motifs is 1. The summed E-state index contributed by atoms with van der Waals surface area (Å²) in [6, 6.07) is 12.7. The van der Waals surface area contributed by atoms with Crippen molar-refractivity contribution in [3.8, 4) is 0 Å². The number of nitrogens with one attached hydrogen (secondary N) is 1. The van der Waals surface area contributed by atoms with Gasteiger partial charge in [-0.1, -0.05) is 24.3 Å². The highest BCUT2D eigenvalue weighted by atomic mass is 32.1. The molecule has 3 heterocycles. The predicted octanol–water partition coefficient (Wildman–Crippen LogP) is 4.08. The number of piperidine rings is 1. The largest absolute Gasteiger partial charge is 0.351 e. The Hall–Kier alpha value is -2.31. The molecule has 140 valence electrons. The maximum absolute atomic E-state index is 14.0. The molecule has 0 saturated carbocycles. The summed E-state index contributed by atoms with van der Waals surface area (Å²) >= 11 is 1.46. The molecule has 1 N–H and O–H groups in total. The van der Waals surface area contributed by atoms with Crippen molar-refractivity contribution in [1.29, 1.82) is 0 Å². The first-order valence-electron chi connectivity index (χ1n) is 9.27. The Morgan fingerprint density at radius 3 is 3.04 bits per heavy atom. The molecule has 0 aliphatic carbocycles. The van der Waals surface area contributed by atoms with Crippen LogP contribution in [0.1, 0.15) is 28.2 Å². The van der Waals surface area contributed by atoms with Gasteiger partial charge in [0.15, 0.2) is 0 Å². The minimum absolute atomic E-state index is 0.00814. The molecule has 0 spiro atoms. The fraction of sp³-hybridized carbons (Fsp3) is 0.333. The molecule has 1 saturated heterocycles. The number of nitrogens with zero attached hydrogens (tertiary/aromatic N) is 2. The van der Waals surface area contributed by atoms with E-state index in [9.17, 15) is 9.18 Å². The molecular formula is C21H22FN3OS. The summed E-state index contributed by atoms with van der Waals surface area (Å²) in [5, 5.41) is 5.79. The summed E-state index contributed by atoms with van der Waals surface area (Å²) in [6.45, 7) is 3.32. The van der Waals surface area contributed by atoms with Gasteiger partial charge in [-0.2, -0.15) is 0 Å². The monoisotopic (exact) mass is 383 g/mol. The summed E-state index contributed by atoms with van der Waals surface area (Å²) in [4.78, 5) is 19.7. The van der Waals surface area contributed by atoms with E-state index in [4.69, 9.17) is 0 Å². The van der Waals surface area contributed by atoms with Gasteiger partial charge in [0.2, 0.25) is 0 Å². The minimum atomic E-state index is -0.276. The number of amides is 1. The Bertz CT molecular complexity index is 928. The fourth-order valence-electron chi connectivity index (χ4n) is 3.66. The van der Waals surface area contributed by atoms with E-state index in [1.54, 1.807) is 6.07 Å². The molecule has 0 bridgehead atoms. The molecule has 27 heavy (non-hydrogen) atoms. The van der Waals surface area contributed by atoms with Gasteiger partial charge in [0.25, 0.3) is 5.91 Å². The normalized spacial score (nSPS) is 17.9. The van der Waals surface area contributed by atoms with Crippen molar-refractivity contribution >= 4 is 28.1 Å². The molecule has 0 radical (unpaired) electrons. The molecule has 4 nitrogen and oxygen atoms in total. The lowest BCUT2D eigenvalue weighted by atomic mass is 9.97. The zero-order chi connectivity index (χ0) is 18.6. The van der Waals surface area contributed by atoms with Crippen LogP contribution in [0, 0.1) is 11.7 Å². The van der Waals surface area contributed by atoms with E-state index in [1.807, 2.05) is 35.7 Å². The van der Waals surface area contributed by atoms with Crippen LogP contribution < -0.4 is 5.32 Å². The number of hydrogen-bond donors (Lipinski definition) is 1. The van der Waals surface area contributed by atoms with Gasteiger partial charge in [0, 0.05) is 25.0 Å². The molecule has 0 unspecified atom stereocenters. The van der Waals surface area contributed by atoms with Crippen molar-refractivity contribution in [3.63, 3.8) is 0 Å². The summed E-state index contributed by atoms with van der Waals surface area (Å²) in [5.41, 5.74) is 1.32. The third-order valence-electron chi connectivity index (χ3n) is 5.01. The summed E-state index contributed by atoms with van der Waals surface area (Å²) in [6.07, 6.45) is 2.21. The zero-order valence-corrected chi connectivity index (χ0v) is 15.8. The number of carbonyl (C=O) groups is 1. The number of aromatic nitrogens is 1. The maximum atomic E-state index is 14.0. The van der Waals surface area contributed by atoms with E-state index in [1.165, 1.54) is 17.4 Å². The number of pyridine rings is 1. The first-order valence-corrected chi connectivity index (χ1v) is 10.2. The fourth-order valence-corrected chi connectivity index (χ4v) is 4.30. The van der Waals surface area contributed by atoms with Gasteiger partial charge in [-0.25, -0.2) is 9.37 Å². The van der Waals surface area contributed by atoms with Gasteiger partial charge in [-0.05, 0) is 48.9 Å². The van der Waals surface area contributed by atoms with Crippen LogP contribution in [0.3, 0.4) is 0 Å². The Morgan fingerprint density at radius 1 is 1.26 bits per heavy atom. The molecule has 1 aliphatic heterocycles. The van der Waals surface area contributed by atoms with E-state index >= 15 is 0 Å². The highest BCUT2D eigenvalue weighted by Crippen LogP contribution is 2.20. The molecule has 1 aliphatic rings. The van der Waals surface area contributed by atoms with Crippen molar-refractivity contribution in [3.05, 3.63) is 64.2 Å².